The van der Waals surface area contributed by atoms with Gasteiger partial charge >= 0.3 is 6.03 Å². The van der Waals surface area contributed by atoms with Crippen molar-refractivity contribution in [2.75, 3.05) is 26.2 Å². The summed E-state index contributed by atoms with van der Waals surface area (Å²) in [5.74, 6) is 1.68. The largest absolute Gasteiger partial charge is 0.465 e. The third-order valence-corrected chi connectivity index (χ3v) is 4.99. The van der Waals surface area contributed by atoms with Crippen LogP contribution in [-0.2, 0) is 13.1 Å². The zero-order valence-corrected chi connectivity index (χ0v) is 14.3. The smallest absolute Gasteiger partial charge is 0.317 e. The van der Waals surface area contributed by atoms with Crippen molar-refractivity contribution in [1.82, 2.24) is 15.1 Å². The summed E-state index contributed by atoms with van der Waals surface area (Å²) in [6.45, 7) is 6.84. The second-order valence-electron chi connectivity index (χ2n) is 7.30. The van der Waals surface area contributed by atoms with Crippen LogP contribution in [0.15, 0.2) is 40.8 Å². The van der Waals surface area contributed by atoms with Gasteiger partial charge in [0.2, 0.25) is 0 Å². The van der Waals surface area contributed by atoms with Crippen LogP contribution in [0, 0.1) is 18.2 Å². The Kier molecular flexibility index (Phi) is 4.00. The molecule has 6 heteroatoms. The van der Waals surface area contributed by atoms with E-state index in [1.807, 2.05) is 24.0 Å². The van der Waals surface area contributed by atoms with Crippen LogP contribution in [0.25, 0.3) is 0 Å². The van der Waals surface area contributed by atoms with E-state index in [1.54, 1.807) is 12.1 Å². The minimum atomic E-state index is -0.265. The Morgan fingerprint density at radius 1 is 1.16 bits per heavy atom. The first-order chi connectivity index (χ1) is 12.0. The number of rotatable bonds is 4. The van der Waals surface area contributed by atoms with Gasteiger partial charge in [0.1, 0.15) is 17.3 Å². The van der Waals surface area contributed by atoms with Gasteiger partial charge in [-0.2, -0.15) is 0 Å². The van der Waals surface area contributed by atoms with E-state index in [4.69, 9.17) is 4.42 Å². The van der Waals surface area contributed by atoms with Crippen molar-refractivity contribution in [2.24, 2.45) is 5.41 Å². The Labute approximate surface area is 146 Å². The van der Waals surface area contributed by atoms with Crippen molar-refractivity contribution in [1.29, 1.82) is 0 Å². The Bertz CT molecular complexity index is 757. The predicted octanol–water partition coefficient (Wildman–Crippen LogP) is 2.75. The second-order valence-corrected chi connectivity index (χ2v) is 7.30. The van der Waals surface area contributed by atoms with E-state index >= 15 is 0 Å². The maximum absolute atomic E-state index is 12.9. The lowest BCUT2D eigenvalue weighted by Crippen LogP contribution is -2.73. The summed E-state index contributed by atoms with van der Waals surface area (Å²) in [7, 11) is 0. The lowest BCUT2D eigenvalue weighted by Gasteiger charge is -2.60. The fraction of sp³-hybridized carbons (Fsp3) is 0.421. The maximum atomic E-state index is 12.9. The molecule has 0 aliphatic carbocycles. The second kappa shape index (κ2) is 6.19. The highest BCUT2D eigenvalue weighted by atomic mass is 19.1. The molecule has 2 fully saturated rings. The molecule has 0 atom stereocenters. The lowest BCUT2D eigenvalue weighted by atomic mass is 9.73. The highest BCUT2D eigenvalue weighted by Crippen LogP contribution is 2.40. The van der Waals surface area contributed by atoms with Gasteiger partial charge in [0.05, 0.1) is 6.54 Å². The minimum absolute atomic E-state index is 0.0462. The van der Waals surface area contributed by atoms with Crippen LogP contribution < -0.4 is 5.32 Å². The molecule has 2 aliphatic heterocycles. The first-order valence-electron chi connectivity index (χ1n) is 8.56. The van der Waals surface area contributed by atoms with E-state index in [2.05, 4.69) is 10.2 Å². The predicted molar refractivity (Wildman–Crippen MR) is 91.4 cm³/mol. The molecular formula is C19H22FN3O2. The topological polar surface area (TPSA) is 48.7 Å². The van der Waals surface area contributed by atoms with Crippen LogP contribution in [0.2, 0.25) is 0 Å². The summed E-state index contributed by atoms with van der Waals surface area (Å²) < 4.78 is 18.5. The quantitative estimate of drug-likeness (QED) is 0.929. The van der Waals surface area contributed by atoms with E-state index in [0.717, 1.165) is 49.8 Å². The van der Waals surface area contributed by atoms with Crippen molar-refractivity contribution in [3.05, 3.63) is 59.3 Å². The van der Waals surface area contributed by atoms with Crippen LogP contribution in [0.3, 0.4) is 0 Å². The average molecular weight is 343 g/mol. The number of likely N-dealkylation sites (tertiary alicyclic amines) is 2. The first kappa shape index (κ1) is 16.1. The van der Waals surface area contributed by atoms with Crippen LogP contribution in [-0.4, -0.2) is 42.0 Å². The number of halogens is 1. The third kappa shape index (κ3) is 3.39. The monoisotopic (exact) mass is 343 g/mol. The Morgan fingerprint density at radius 3 is 2.52 bits per heavy atom. The highest BCUT2D eigenvalue weighted by molar-refractivity contribution is 5.75. The molecule has 4 rings (SSSR count). The molecule has 2 saturated heterocycles. The normalized spacial score (nSPS) is 18.7. The molecule has 1 N–H and O–H groups in total. The number of hydrogen-bond donors (Lipinski definition) is 1. The zero-order chi connectivity index (χ0) is 17.4. The lowest BCUT2D eigenvalue weighted by molar-refractivity contribution is -0.100. The average Bonchev–Trinajstić information content (AvgIpc) is 2.92. The van der Waals surface area contributed by atoms with E-state index < -0.39 is 0 Å². The molecule has 25 heavy (non-hydrogen) atoms. The van der Waals surface area contributed by atoms with Gasteiger partial charge in [-0.25, -0.2) is 9.18 Å². The fourth-order valence-corrected chi connectivity index (χ4v) is 3.80. The minimum Gasteiger partial charge on any atom is -0.465 e. The molecule has 132 valence electrons. The van der Waals surface area contributed by atoms with Gasteiger partial charge in [0.15, 0.2) is 0 Å². The number of carbonyl (C=O) groups is 1. The van der Waals surface area contributed by atoms with Crippen LogP contribution in [0.1, 0.15) is 17.1 Å². The van der Waals surface area contributed by atoms with Gasteiger partial charge in [0.25, 0.3) is 0 Å². The molecule has 0 bridgehead atoms. The summed E-state index contributed by atoms with van der Waals surface area (Å²) in [4.78, 5) is 16.4. The standard InChI is InChI=1S/C19H22FN3O2/c1-14-2-7-17(25-14)9-22-10-19(11-22)12-23(13-19)18(24)21-8-15-3-5-16(20)6-4-15/h2-7H,8-13H2,1H3,(H,21,24). The number of amides is 2. The van der Waals surface area contributed by atoms with Crippen molar-refractivity contribution in [2.45, 2.75) is 20.0 Å². The fourth-order valence-electron chi connectivity index (χ4n) is 3.80. The molecule has 2 aromatic rings. The number of hydrogen-bond acceptors (Lipinski definition) is 3. The van der Waals surface area contributed by atoms with E-state index in [1.165, 1.54) is 12.1 Å². The van der Waals surface area contributed by atoms with Crippen LogP contribution in [0.5, 0.6) is 0 Å². The van der Waals surface area contributed by atoms with Crippen molar-refractivity contribution < 1.29 is 13.6 Å². The zero-order valence-electron chi connectivity index (χ0n) is 14.3. The SMILES string of the molecule is Cc1ccc(CN2CC3(C2)CN(C(=O)NCc2ccc(F)cc2)C3)o1. The van der Waals surface area contributed by atoms with E-state index in [0.29, 0.717) is 6.54 Å². The number of carbonyl (C=O) groups excluding carboxylic acids is 1. The molecule has 0 saturated carbocycles. The molecule has 1 spiro atoms. The molecule has 2 amide bonds. The number of urea groups is 1. The highest BCUT2D eigenvalue weighted by Gasteiger charge is 2.53. The van der Waals surface area contributed by atoms with Gasteiger partial charge in [-0.05, 0) is 36.8 Å². The van der Waals surface area contributed by atoms with Crippen molar-refractivity contribution in [3.63, 3.8) is 0 Å². The summed E-state index contributed by atoms with van der Waals surface area (Å²) in [6, 6.07) is 10.2. The van der Waals surface area contributed by atoms with E-state index in [9.17, 15) is 9.18 Å². The summed E-state index contributed by atoms with van der Waals surface area (Å²) in [6.07, 6.45) is 0. The summed E-state index contributed by atoms with van der Waals surface area (Å²) in [5.41, 5.74) is 1.16. The third-order valence-electron chi connectivity index (χ3n) is 4.99. The Hall–Kier alpha value is -2.34. The number of aryl methyl sites for hydroxylation is 1. The maximum Gasteiger partial charge on any atom is 0.317 e. The summed E-state index contributed by atoms with van der Waals surface area (Å²) in [5, 5.41) is 2.90. The Balaban J connectivity index is 1.19. The number of furan rings is 1. The van der Waals surface area contributed by atoms with Crippen LogP contribution in [0.4, 0.5) is 9.18 Å². The molecule has 2 aliphatic rings. The van der Waals surface area contributed by atoms with Crippen molar-refractivity contribution in [3.8, 4) is 0 Å². The molecule has 1 aromatic heterocycles. The van der Waals surface area contributed by atoms with Gasteiger partial charge < -0.3 is 14.6 Å². The van der Waals surface area contributed by atoms with Gasteiger partial charge in [-0.1, -0.05) is 12.1 Å². The van der Waals surface area contributed by atoms with Gasteiger partial charge in [0, 0.05) is 38.1 Å². The number of nitrogens with one attached hydrogen (secondary N) is 1. The Morgan fingerprint density at radius 2 is 1.88 bits per heavy atom. The van der Waals surface area contributed by atoms with Crippen LogP contribution >= 0.6 is 0 Å². The summed E-state index contributed by atoms with van der Waals surface area (Å²) >= 11 is 0. The molecule has 1 aromatic carbocycles. The molecular weight excluding hydrogens is 321 g/mol. The van der Waals surface area contributed by atoms with Gasteiger partial charge in [-0.3, -0.25) is 4.90 Å². The number of nitrogens with zero attached hydrogens (tertiary/aromatic N) is 2. The van der Waals surface area contributed by atoms with Crippen molar-refractivity contribution >= 4 is 6.03 Å². The molecule has 0 radical (unpaired) electrons. The number of benzene rings is 1. The van der Waals surface area contributed by atoms with Gasteiger partial charge in [-0.15, -0.1) is 0 Å². The first-order valence-corrected chi connectivity index (χ1v) is 8.56. The molecule has 0 unspecified atom stereocenters. The molecule has 3 heterocycles. The molecule has 5 nitrogen and oxygen atoms in total. The van der Waals surface area contributed by atoms with E-state index in [-0.39, 0.29) is 17.3 Å².